The van der Waals surface area contributed by atoms with Gasteiger partial charge in [-0.1, -0.05) is 6.07 Å². The van der Waals surface area contributed by atoms with E-state index in [0.29, 0.717) is 0 Å². The molecule has 0 amide bonds. The number of aliphatic hydroxyl groups excluding tert-OH is 1. The fraction of sp³-hybridized carbons (Fsp3) is 0.444. The first-order valence-electron chi connectivity index (χ1n) is 4.34. The number of alkyl halides is 3. The van der Waals surface area contributed by atoms with Crippen LogP contribution in [0.4, 0.5) is 13.2 Å². The van der Waals surface area contributed by atoms with E-state index < -0.39 is 18.1 Å². The maximum atomic E-state index is 12.2. The molecule has 1 heterocycles. The molecule has 1 aromatic rings. The number of hydrogen-bond acceptors (Lipinski definition) is 4. The minimum Gasteiger partial charge on any atom is -0.372 e. The quantitative estimate of drug-likeness (QED) is 0.639. The van der Waals surface area contributed by atoms with E-state index in [1.165, 1.54) is 14.2 Å². The van der Waals surface area contributed by atoms with Crippen molar-refractivity contribution in [3.8, 4) is 0 Å². The van der Waals surface area contributed by atoms with Gasteiger partial charge in [0.1, 0.15) is 5.69 Å². The van der Waals surface area contributed by atoms with Crippen molar-refractivity contribution in [2.45, 2.75) is 12.4 Å². The van der Waals surface area contributed by atoms with Gasteiger partial charge in [-0.3, -0.25) is 9.82 Å². The topological polar surface area (TPSA) is 45.6 Å². The molecule has 1 unspecified atom stereocenters. The van der Waals surface area contributed by atoms with Crippen molar-refractivity contribution in [2.75, 3.05) is 14.2 Å². The van der Waals surface area contributed by atoms with Crippen LogP contribution in [0.2, 0.25) is 0 Å². The lowest BCUT2D eigenvalue weighted by Crippen LogP contribution is -2.23. The summed E-state index contributed by atoms with van der Waals surface area (Å²) >= 11 is 0. The number of halogens is 3. The Labute approximate surface area is 90.2 Å². The van der Waals surface area contributed by atoms with Gasteiger partial charge in [0.15, 0.2) is 6.23 Å². The fourth-order valence-electron chi connectivity index (χ4n) is 1.04. The van der Waals surface area contributed by atoms with E-state index in [1.54, 1.807) is 0 Å². The molecule has 4 nitrogen and oxygen atoms in total. The molecule has 1 N–H and O–H groups in total. The Hall–Kier alpha value is -1.18. The van der Waals surface area contributed by atoms with Gasteiger partial charge in [-0.25, -0.2) is 0 Å². The Morgan fingerprint density at radius 3 is 2.44 bits per heavy atom. The highest BCUT2D eigenvalue weighted by Crippen LogP contribution is 2.28. The van der Waals surface area contributed by atoms with Crippen LogP contribution in [0.3, 0.4) is 0 Å². The molecule has 0 aromatic carbocycles. The molecule has 7 heteroatoms. The summed E-state index contributed by atoms with van der Waals surface area (Å²) in [6.07, 6.45) is -4.67. The Kier molecular flexibility index (Phi) is 3.84. The van der Waals surface area contributed by atoms with Crippen molar-refractivity contribution < 1.29 is 23.1 Å². The zero-order chi connectivity index (χ0) is 12.3. The van der Waals surface area contributed by atoms with Gasteiger partial charge in [-0.2, -0.15) is 18.2 Å². The number of nitrogens with zero attached hydrogens (tertiary/aromatic N) is 2. The molecule has 16 heavy (non-hydrogen) atoms. The van der Waals surface area contributed by atoms with Crippen molar-refractivity contribution in [1.82, 2.24) is 10.0 Å². The maximum absolute atomic E-state index is 12.2. The van der Waals surface area contributed by atoms with Gasteiger partial charge in [0, 0.05) is 18.8 Å². The van der Waals surface area contributed by atoms with Crippen molar-refractivity contribution in [1.29, 1.82) is 0 Å². The molecule has 0 spiro atoms. The van der Waals surface area contributed by atoms with Gasteiger partial charge in [-0.15, -0.1) is 0 Å². The third-order valence-electron chi connectivity index (χ3n) is 2.01. The summed E-state index contributed by atoms with van der Waals surface area (Å²) in [6, 6.07) is 1.96. The molecule has 90 valence electrons. The molecule has 0 aliphatic heterocycles. The van der Waals surface area contributed by atoms with Crippen LogP contribution in [0.1, 0.15) is 17.5 Å². The summed E-state index contributed by atoms with van der Waals surface area (Å²) in [7, 11) is 2.78. The van der Waals surface area contributed by atoms with Gasteiger partial charge in [0.2, 0.25) is 0 Å². The highest BCUT2D eigenvalue weighted by Gasteiger charge is 2.32. The number of hydroxylamine groups is 2. The summed E-state index contributed by atoms with van der Waals surface area (Å²) in [6.45, 7) is 0. The first-order valence-corrected chi connectivity index (χ1v) is 4.34. The van der Waals surface area contributed by atoms with Crippen LogP contribution in [0.25, 0.3) is 0 Å². The third kappa shape index (κ3) is 2.91. The van der Waals surface area contributed by atoms with Crippen molar-refractivity contribution in [3.63, 3.8) is 0 Å². The first kappa shape index (κ1) is 12.9. The number of aromatic nitrogens is 1. The second kappa shape index (κ2) is 4.77. The average Bonchev–Trinajstić information content (AvgIpc) is 2.26. The van der Waals surface area contributed by atoms with Crippen LogP contribution in [0.15, 0.2) is 18.3 Å². The van der Waals surface area contributed by atoms with Crippen LogP contribution in [-0.2, 0) is 11.0 Å². The largest absolute Gasteiger partial charge is 0.433 e. The zero-order valence-electron chi connectivity index (χ0n) is 8.69. The van der Waals surface area contributed by atoms with Crippen LogP contribution >= 0.6 is 0 Å². The number of rotatable bonds is 3. The molecular weight excluding hydrogens is 225 g/mol. The zero-order valence-corrected chi connectivity index (χ0v) is 8.69. The number of pyridine rings is 1. The highest BCUT2D eigenvalue weighted by atomic mass is 19.4. The molecule has 1 atom stereocenters. The summed E-state index contributed by atoms with van der Waals surface area (Å²) in [5, 5.41) is 10.6. The van der Waals surface area contributed by atoms with Gasteiger partial charge in [-0.05, 0) is 6.07 Å². The predicted octanol–water partition coefficient (Wildman–Crippen LogP) is 1.58. The van der Waals surface area contributed by atoms with Crippen LogP contribution in [0, 0.1) is 0 Å². The number of hydrogen-bond donors (Lipinski definition) is 1. The Morgan fingerprint density at radius 1 is 1.44 bits per heavy atom. The predicted molar refractivity (Wildman–Crippen MR) is 49.0 cm³/mol. The lowest BCUT2D eigenvalue weighted by molar-refractivity contribution is -0.206. The van der Waals surface area contributed by atoms with E-state index in [1.807, 2.05) is 0 Å². The second-order valence-corrected chi connectivity index (χ2v) is 3.08. The van der Waals surface area contributed by atoms with Crippen molar-refractivity contribution in [2.24, 2.45) is 0 Å². The van der Waals surface area contributed by atoms with E-state index in [9.17, 15) is 18.3 Å². The molecule has 1 rings (SSSR count). The normalized spacial score (nSPS) is 14.2. The molecule has 0 radical (unpaired) electrons. The van der Waals surface area contributed by atoms with E-state index in [-0.39, 0.29) is 5.56 Å². The van der Waals surface area contributed by atoms with Gasteiger partial charge in [0.25, 0.3) is 0 Å². The molecule has 0 saturated heterocycles. The highest BCUT2D eigenvalue weighted by molar-refractivity contribution is 5.17. The molecule has 0 aliphatic carbocycles. The van der Waals surface area contributed by atoms with E-state index >= 15 is 0 Å². The second-order valence-electron chi connectivity index (χ2n) is 3.08. The molecule has 1 aromatic heterocycles. The molecule has 0 saturated carbocycles. The minimum absolute atomic E-state index is 0.220. The Bertz CT molecular complexity index is 340. The lowest BCUT2D eigenvalue weighted by Gasteiger charge is -2.20. The van der Waals surface area contributed by atoms with Crippen molar-refractivity contribution in [3.05, 3.63) is 29.6 Å². The standard InChI is InChI=1S/C9H11F3N2O2/c1-14(16-2)8(15)6-3-4-7(13-5-6)9(10,11)12/h3-5,8,15H,1-2H3. The fourth-order valence-corrected chi connectivity index (χ4v) is 1.04. The molecule has 0 aliphatic rings. The van der Waals surface area contributed by atoms with E-state index in [4.69, 9.17) is 4.84 Å². The lowest BCUT2D eigenvalue weighted by atomic mass is 10.2. The van der Waals surface area contributed by atoms with Crippen LogP contribution < -0.4 is 0 Å². The van der Waals surface area contributed by atoms with Crippen LogP contribution in [-0.4, -0.2) is 29.3 Å². The third-order valence-corrected chi connectivity index (χ3v) is 2.01. The minimum atomic E-state index is -4.48. The van der Waals surface area contributed by atoms with Gasteiger partial charge >= 0.3 is 6.18 Å². The Morgan fingerprint density at radius 2 is 2.06 bits per heavy atom. The molecular formula is C9H11F3N2O2. The van der Waals surface area contributed by atoms with E-state index in [2.05, 4.69) is 4.98 Å². The van der Waals surface area contributed by atoms with Crippen LogP contribution in [0.5, 0.6) is 0 Å². The van der Waals surface area contributed by atoms with E-state index in [0.717, 1.165) is 23.4 Å². The van der Waals surface area contributed by atoms with Gasteiger partial charge < -0.3 is 5.11 Å². The molecule has 0 fully saturated rings. The first-order chi connectivity index (χ1) is 7.36. The molecule has 0 bridgehead atoms. The summed E-state index contributed by atoms with van der Waals surface area (Å²) < 4.78 is 36.6. The summed E-state index contributed by atoms with van der Waals surface area (Å²) in [4.78, 5) is 7.92. The maximum Gasteiger partial charge on any atom is 0.433 e. The SMILES string of the molecule is CON(C)C(O)c1ccc(C(F)(F)F)nc1. The van der Waals surface area contributed by atoms with Crippen molar-refractivity contribution >= 4 is 0 Å². The summed E-state index contributed by atoms with van der Waals surface area (Å²) in [5.41, 5.74) is -0.777. The summed E-state index contributed by atoms with van der Waals surface area (Å²) in [5.74, 6) is 0. The monoisotopic (exact) mass is 236 g/mol. The average molecular weight is 236 g/mol. The van der Waals surface area contributed by atoms with Gasteiger partial charge in [0.05, 0.1) is 7.11 Å². The number of aliphatic hydroxyl groups is 1. The smallest absolute Gasteiger partial charge is 0.372 e. The Balaban J connectivity index is 2.87.